The molecule has 2 heteroatoms. The first-order valence-electron chi connectivity index (χ1n) is 7.62. The van der Waals surface area contributed by atoms with E-state index in [4.69, 9.17) is 0 Å². The van der Waals surface area contributed by atoms with Crippen molar-refractivity contribution in [3.05, 3.63) is 88.6 Å². The van der Waals surface area contributed by atoms with Crippen LogP contribution in [0.5, 0.6) is 5.75 Å². The number of aromatic hydroxyl groups is 1. The predicted octanol–water partition coefficient (Wildman–Crippen LogP) is 5.86. The van der Waals surface area contributed by atoms with Gasteiger partial charge in [0.05, 0.1) is 0 Å². The number of benzene rings is 3. The first kappa shape index (κ1) is 14.0. The Balaban J connectivity index is 1.71. The Morgan fingerprint density at radius 2 is 1.74 bits per heavy atom. The molecule has 0 amide bonds. The van der Waals surface area contributed by atoms with Crippen molar-refractivity contribution >= 4 is 22.1 Å². The summed E-state index contributed by atoms with van der Waals surface area (Å²) in [5, 5.41) is 16.8. The minimum Gasteiger partial charge on any atom is -0.507 e. The van der Waals surface area contributed by atoms with Gasteiger partial charge in [-0.25, -0.2) is 0 Å². The Bertz CT molecular complexity index is 955. The van der Waals surface area contributed by atoms with E-state index in [9.17, 15) is 5.11 Å². The van der Waals surface area contributed by atoms with Crippen LogP contribution < -0.4 is 0 Å². The van der Waals surface area contributed by atoms with Crippen molar-refractivity contribution in [3.8, 4) is 16.9 Å². The highest BCUT2D eigenvalue weighted by atomic mass is 32.1. The first-order valence-corrected chi connectivity index (χ1v) is 8.57. The van der Waals surface area contributed by atoms with Crippen molar-refractivity contribution in [2.45, 2.75) is 6.42 Å². The van der Waals surface area contributed by atoms with E-state index in [0.29, 0.717) is 5.75 Å². The quantitative estimate of drug-likeness (QED) is 0.501. The Morgan fingerprint density at radius 3 is 2.61 bits per heavy atom. The summed E-state index contributed by atoms with van der Waals surface area (Å²) in [6.07, 6.45) is 0.731. The number of fused-ring (bicyclic) bond motifs is 1. The minimum absolute atomic E-state index is 0.393. The molecule has 0 radical (unpaired) electrons. The maximum absolute atomic E-state index is 10.6. The molecule has 0 unspecified atom stereocenters. The number of thiophene rings is 1. The largest absolute Gasteiger partial charge is 0.507 e. The van der Waals surface area contributed by atoms with Crippen molar-refractivity contribution in [3.63, 3.8) is 0 Å². The van der Waals surface area contributed by atoms with Crippen LogP contribution in [0.1, 0.15) is 11.1 Å². The zero-order valence-electron chi connectivity index (χ0n) is 12.6. The molecule has 0 saturated heterocycles. The van der Waals surface area contributed by atoms with Crippen LogP contribution in [0.2, 0.25) is 0 Å². The zero-order chi connectivity index (χ0) is 15.6. The van der Waals surface area contributed by atoms with Crippen LogP contribution in [0.4, 0.5) is 0 Å². The van der Waals surface area contributed by atoms with Crippen molar-refractivity contribution in [2.24, 2.45) is 0 Å². The molecule has 3 aromatic carbocycles. The van der Waals surface area contributed by atoms with E-state index in [0.717, 1.165) is 22.8 Å². The topological polar surface area (TPSA) is 20.2 Å². The average molecular weight is 316 g/mol. The molecule has 1 heterocycles. The third kappa shape index (κ3) is 2.73. The highest BCUT2D eigenvalue weighted by Gasteiger charge is 2.08. The van der Waals surface area contributed by atoms with E-state index >= 15 is 0 Å². The summed E-state index contributed by atoms with van der Waals surface area (Å²) in [6, 6.07) is 22.7. The molecule has 1 aromatic heterocycles. The molecule has 0 aliphatic heterocycles. The normalized spacial score (nSPS) is 11.0. The number of phenols is 1. The summed E-state index contributed by atoms with van der Waals surface area (Å²) in [5.74, 6) is 0.393. The number of phenolic OH excluding ortho intramolecular Hbond substituents is 1. The van der Waals surface area contributed by atoms with E-state index in [2.05, 4.69) is 47.2 Å². The van der Waals surface area contributed by atoms with Crippen LogP contribution in [-0.4, -0.2) is 5.11 Å². The van der Waals surface area contributed by atoms with Gasteiger partial charge in [0.15, 0.2) is 0 Å². The highest BCUT2D eigenvalue weighted by molar-refractivity contribution is 7.08. The van der Waals surface area contributed by atoms with E-state index in [-0.39, 0.29) is 0 Å². The lowest BCUT2D eigenvalue weighted by atomic mass is 9.97. The first-order chi connectivity index (χ1) is 11.3. The molecular formula is C21H16OS. The molecule has 4 aromatic rings. The van der Waals surface area contributed by atoms with Crippen molar-refractivity contribution in [1.82, 2.24) is 0 Å². The van der Waals surface area contributed by atoms with Gasteiger partial charge in [0.1, 0.15) is 5.75 Å². The molecule has 0 bridgehead atoms. The zero-order valence-corrected chi connectivity index (χ0v) is 13.4. The molecule has 4 rings (SSSR count). The van der Waals surface area contributed by atoms with Gasteiger partial charge < -0.3 is 5.11 Å². The molecule has 0 atom stereocenters. The van der Waals surface area contributed by atoms with Crippen LogP contribution in [0.15, 0.2) is 77.5 Å². The van der Waals surface area contributed by atoms with E-state index in [1.807, 2.05) is 30.3 Å². The maximum atomic E-state index is 10.6. The van der Waals surface area contributed by atoms with Gasteiger partial charge in [0.2, 0.25) is 0 Å². The van der Waals surface area contributed by atoms with Gasteiger partial charge in [-0.15, -0.1) is 0 Å². The minimum atomic E-state index is 0.393. The number of rotatable bonds is 3. The summed E-state index contributed by atoms with van der Waals surface area (Å²) in [5.41, 5.74) is 4.65. The molecule has 1 N–H and O–H groups in total. The monoisotopic (exact) mass is 316 g/mol. The summed E-state index contributed by atoms with van der Waals surface area (Å²) in [4.78, 5) is 0. The van der Waals surface area contributed by atoms with Gasteiger partial charge in [0, 0.05) is 11.8 Å². The van der Waals surface area contributed by atoms with Crippen LogP contribution in [0.25, 0.3) is 21.9 Å². The Kier molecular flexibility index (Phi) is 3.60. The van der Waals surface area contributed by atoms with Crippen LogP contribution in [-0.2, 0) is 6.42 Å². The number of hydrogen-bond acceptors (Lipinski definition) is 2. The average Bonchev–Trinajstić information content (AvgIpc) is 3.13. The lowest BCUT2D eigenvalue weighted by Gasteiger charge is -2.09. The number of hydrogen-bond donors (Lipinski definition) is 1. The van der Waals surface area contributed by atoms with Gasteiger partial charge >= 0.3 is 0 Å². The second-order valence-corrected chi connectivity index (χ2v) is 6.46. The van der Waals surface area contributed by atoms with E-state index in [1.54, 1.807) is 11.3 Å². The van der Waals surface area contributed by atoms with Crippen LogP contribution >= 0.6 is 11.3 Å². The maximum Gasteiger partial charge on any atom is 0.126 e. The highest BCUT2D eigenvalue weighted by Crippen LogP contribution is 2.31. The molecular weight excluding hydrogens is 300 g/mol. The summed E-state index contributed by atoms with van der Waals surface area (Å²) >= 11 is 1.71. The Morgan fingerprint density at radius 1 is 0.826 bits per heavy atom. The molecule has 0 aliphatic carbocycles. The van der Waals surface area contributed by atoms with Gasteiger partial charge in [-0.3, -0.25) is 0 Å². The SMILES string of the molecule is Oc1c(Cc2cccc(-c3ccsc3)c2)ccc2ccccc12. The molecule has 1 nitrogen and oxygen atoms in total. The van der Waals surface area contributed by atoms with Crippen molar-refractivity contribution in [2.75, 3.05) is 0 Å². The van der Waals surface area contributed by atoms with Crippen LogP contribution in [0.3, 0.4) is 0 Å². The summed E-state index contributed by atoms with van der Waals surface area (Å²) in [6.45, 7) is 0. The fourth-order valence-corrected chi connectivity index (χ4v) is 3.62. The standard InChI is InChI=1S/C21H16OS/c22-21-18(9-8-16-5-1-2-7-20(16)21)13-15-4-3-6-17(12-15)19-10-11-23-14-19/h1-12,14,22H,13H2. The smallest absolute Gasteiger partial charge is 0.126 e. The molecule has 0 spiro atoms. The second kappa shape index (κ2) is 5.90. The Labute approximate surface area is 139 Å². The lowest BCUT2D eigenvalue weighted by Crippen LogP contribution is -1.90. The van der Waals surface area contributed by atoms with Crippen molar-refractivity contribution in [1.29, 1.82) is 0 Å². The van der Waals surface area contributed by atoms with Gasteiger partial charge in [-0.1, -0.05) is 60.7 Å². The third-order valence-electron chi connectivity index (χ3n) is 4.16. The fraction of sp³-hybridized carbons (Fsp3) is 0.0476. The molecule has 112 valence electrons. The van der Waals surface area contributed by atoms with E-state index in [1.165, 1.54) is 16.7 Å². The van der Waals surface area contributed by atoms with Gasteiger partial charge in [-0.05, 0) is 44.5 Å². The third-order valence-corrected chi connectivity index (χ3v) is 4.84. The molecule has 0 aliphatic rings. The predicted molar refractivity (Wildman–Crippen MR) is 98.2 cm³/mol. The van der Waals surface area contributed by atoms with Crippen molar-refractivity contribution < 1.29 is 5.11 Å². The summed E-state index contributed by atoms with van der Waals surface area (Å²) < 4.78 is 0. The second-order valence-electron chi connectivity index (χ2n) is 5.68. The van der Waals surface area contributed by atoms with E-state index < -0.39 is 0 Å². The van der Waals surface area contributed by atoms with Gasteiger partial charge in [0.25, 0.3) is 0 Å². The summed E-state index contributed by atoms with van der Waals surface area (Å²) in [7, 11) is 0. The van der Waals surface area contributed by atoms with Crippen LogP contribution in [0, 0.1) is 0 Å². The fourth-order valence-electron chi connectivity index (χ4n) is 2.95. The Hall–Kier alpha value is -2.58. The molecule has 0 saturated carbocycles. The molecule has 0 fully saturated rings. The van der Waals surface area contributed by atoms with Gasteiger partial charge in [-0.2, -0.15) is 11.3 Å². The lowest BCUT2D eigenvalue weighted by molar-refractivity contribution is 0.476. The molecule has 23 heavy (non-hydrogen) atoms.